The van der Waals surface area contributed by atoms with Crippen molar-refractivity contribution in [2.24, 2.45) is 0 Å². The molecule has 0 fully saturated rings. The highest BCUT2D eigenvalue weighted by molar-refractivity contribution is 6.30. The number of benzene rings is 2. The number of aromatic nitrogens is 1. The van der Waals surface area contributed by atoms with Gasteiger partial charge in [-0.15, -0.1) is 0 Å². The second-order valence-corrected chi connectivity index (χ2v) is 7.95. The van der Waals surface area contributed by atoms with Gasteiger partial charge in [-0.3, -0.25) is 4.79 Å². The number of carbonyl (C=O) groups excluding carboxylic acids is 1. The van der Waals surface area contributed by atoms with Crippen LogP contribution in [0.3, 0.4) is 0 Å². The largest absolute Gasteiger partial charge is 0.321 e. The highest BCUT2D eigenvalue weighted by atomic mass is 35.5. The van der Waals surface area contributed by atoms with E-state index in [-0.39, 0.29) is 5.57 Å². The minimum Gasteiger partial charge on any atom is -0.321 e. The third-order valence-corrected chi connectivity index (χ3v) is 5.56. The van der Waals surface area contributed by atoms with Crippen LogP contribution in [0, 0.1) is 45.9 Å². The standard InChI is InChI=1S/C25H24ClN3O/c1-15-6-8-23(11-16(15)2)29-18(4)12-20(19(29)5)13-21(14-27)25(30)28-24-9-7-22(26)10-17(24)3/h6-13H,1-5H3,(H,28,30)/b21-13+. The van der Waals surface area contributed by atoms with Gasteiger partial charge in [0.25, 0.3) is 5.91 Å². The van der Waals surface area contributed by atoms with Crippen LogP contribution in [-0.2, 0) is 4.79 Å². The van der Waals surface area contributed by atoms with Crippen LogP contribution >= 0.6 is 11.6 Å². The second-order valence-electron chi connectivity index (χ2n) is 7.51. The number of hydrogen-bond acceptors (Lipinski definition) is 2. The summed E-state index contributed by atoms with van der Waals surface area (Å²) in [7, 11) is 0. The Labute approximate surface area is 182 Å². The first kappa shape index (κ1) is 21.4. The van der Waals surface area contributed by atoms with Crippen LogP contribution in [0.2, 0.25) is 5.02 Å². The van der Waals surface area contributed by atoms with Gasteiger partial charge in [-0.1, -0.05) is 17.7 Å². The lowest BCUT2D eigenvalue weighted by Crippen LogP contribution is -2.14. The number of aryl methyl sites for hydroxylation is 4. The summed E-state index contributed by atoms with van der Waals surface area (Å²) in [5.41, 5.74) is 7.87. The van der Waals surface area contributed by atoms with Crippen LogP contribution in [0.5, 0.6) is 0 Å². The summed E-state index contributed by atoms with van der Waals surface area (Å²) >= 11 is 5.98. The molecular weight excluding hydrogens is 394 g/mol. The zero-order valence-corrected chi connectivity index (χ0v) is 18.6. The molecule has 3 rings (SSSR count). The number of nitrogens with one attached hydrogen (secondary N) is 1. The Hall–Kier alpha value is -3.29. The van der Waals surface area contributed by atoms with Gasteiger partial charge in [-0.05, 0) is 99.3 Å². The molecule has 1 N–H and O–H groups in total. The van der Waals surface area contributed by atoms with Crippen LogP contribution in [0.15, 0.2) is 48.0 Å². The fourth-order valence-electron chi connectivity index (χ4n) is 3.46. The van der Waals surface area contributed by atoms with Crippen molar-refractivity contribution in [1.29, 1.82) is 5.26 Å². The highest BCUT2D eigenvalue weighted by Crippen LogP contribution is 2.25. The van der Waals surface area contributed by atoms with Gasteiger partial charge >= 0.3 is 0 Å². The number of halogens is 1. The van der Waals surface area contributed by atoms with E-state index in [1.807, 2.05) is 32.9 Å². The number of nitriles is 1. The van der Waals surface area contributed by atoms with Gasteiger partial charge < -0.3 is 9.88 Å². The SMILES string of the molecule is Cc1ccc(-n2c(C)cc(/C=C(\C#N)C(=O)Nc3ccc(Cl)cc3C)c2C)cc1C. The quantitative estimate of drug-likeness (QED) is 0.404. The Morgan fingerprint density at radius 2 is 1.73 bits per heavy atom. The van der Waals surface area contributed by atoms with Crippen LogP contribution in [0.25, 0.3) is 11.8 Å². The Bertz CT molecular complexity index is 1210. The molecular formula is C25H24ClN3O. The maximum absolute atomic E-state index is 12.7. The van der Waals surface area contributed by atoms with E-state index in [9.17, 15) is 10.1 Å². The van der Waals surface area contributed by atoms with Crippen molar-refractivity contribution in [2.75, 3.05) is 5.32 Å². The number of hydrogen-bond donors (Lipinski definition) is 1. The Morgan fingerprint density at radius 3 is 2.37 bits per heavy atom. The second kappa shape index (κ2) is 8.61. The summed E-state index contributed by atoms with van der Waals surface area (Å²) in [6, 6.07) is 15.5. The minimum absolute atomic E-state index is 0.0460. The Morgan fingerprint density at radius 1 is 1.00 bits per heavy atom. The first-order valence-corrected chi connectivity index (χ1v) is 10.0. The molecule has 0 atom stereocenters. The highest BCUT2D eigenvalue weighted by Gasteiger charge is 2.15. The molecule has 0 aliphatic heterocycles. The van der Waals surface area contributed by atoms with E-state index in [1.165, 1.54) is 11.1 Å². The molecule has 152 valence electrons. The molecule has 0 radical (unpaired) electrons. The van der Waals surface area contributed by atoms with Gasteiger partial charge in [0.2, 0.25) is 0 Å². The predicted octanol–water partition coefficient (Wildman–Crippen LogP) is 6.22. The molecule has 4 nitrogen and oxygen atoms in total. The number of amides is 1. The van der Waals surface area contributed by atoms with Gasteiger partial charge in [-0.25, -0.2) is 0 Å². The molecule has 0 spiro atoms. The zero-order chi connectivity index (χ0) is 22.0. The van der Waals surface area contributed by atoms with Crippen LogP contribution in [-0.4, -0.2) is 10.5 Å². The van der Waals surface area contributed by atoms with Crippen LogP contribution in [0.1, 0.15) is 33.6 Å². The van der Waals surface area contributed by atoms with Gasteiger partial charge in [0.15, 0.2) is 0 Å². The van der Waals surface area contributed by atoms with Crippen molar-refractivity contribution in [3.8, 4) is 11.8 Å². The summed E-state index contributed by atoms with van der Waals surface area (Å²) in [6.07, 6.45) is 1.64. The van der Waals surface area contributed by atoms with E-state index in [0.29, 0.717) is 10.7 Å². The molecule has 0 aliphatic rings. The number of carbonyl (C=O) groups is 1. The first-order valence-electron chi connectivity index (χ1n) is 9.67. The van der Waals surface area contributed by atoms with Crippen molar-refractivity contribution >= 4 is 29.3 Å². The molecule has 0 bridgehead atoms. The van der Waals surface area contributed by atoms with E-state index >= 15 is 0 Å². The summed E-state index contributed by atoms with van der Waals surface area (Å²) in [5, 5.41) is 13.0. The molecule has 1 amide bonds. The molecule has 0 saturated carbocycles. The predicted molar refractivity (Wildman–Crippen MR) is 123 cm³/mol. The van der Waals surface area contributed by atoms with Gasteiger partial charge in [0.05, 0.1) is 0 Å². The summed E-state index contributed by atoms with van der Waals surface area (Å²) in [6.45, 7) is 10.0. The monoisotopic (exact) mass is 417 g/mol. The number of nitrogens with zero attached hydrogens (tertiary/aromatic N) is 2. The van der Waals surface area contributed by atoms with Crippen molar-refractivity contribution in [1.82, 2.24) is 4.57 Å². The summed E-state index contributed by atoms with van der Waals surface area (Å²) < 4.78 is 2.13. The van der Waals surface area contributed by atoms with Gasteiger partial charge in [0, 0.05) is 27.8 Å². The lowest BCUT2D eigenvalue weighted by Gasteiger charge is -2.12. The van der Waals surface area contributed by atoms with Crippen LogP contribution in [0.4, 0.5) is 5.69 Å². The molecule has 0 unspecified atom stereocenters. The number of rotatable bonds is 4. The van der Waals surface area contributed by atoms with Gasteiger partial charge in [-0.2, -0.15) is 5.26 Å². The van der Waals surface area contributed by atoms with E-state index < -0.39 is 5.91 Å². The average molecular weight is 418 g/mol. The maximum Gasteiger partial charge on any atom is 0.266 e. The fraction of sp³-hybridized carbons (Fsp3) is 0.200. The van der Waals surface area contributed by atoms with Gasteiger partial charge in [0.1, 0.15) is 11.6 Å². The normalized spacial score (nSPS) is 11.3. The zero-order valence-electron chi connectivity index (χ0n) is 17.8. The third-order valence-electron chi connectivity index (χ3n) is 5.32. The average Bonchev–Trinajstić information content (AvgIpc) is 2.97. The lowest BCUT2D eigenvalue weighted by molar-refractivity contribution is -0.112. The molecule has 0 aliphatic carbocycles. The first-order chi connectivity index (χ1) is 14.2. The fourth-order valence-corrected chi connectivity index (χ4v) is 3.68. The smallest absolute Gasteiger partial charge is 0.266 e. The molecule has 30 heavy (non-hydrogen) atoms. The van der Waals surface area contributed by atoms with Crippen molar-refractivity contribution in [3.05, 3.63) is 86.7 Å². The van der Waals surface area contributed by atoms with E-state index in [1.54, 1.807) is 24.3 Å². The Kier molecular flexibility index (Phi) is 6.14. The minimum atomic E-state index is -0.445. The van der Waals surface area contributed by atoms with Crippen molar-refractivity contribution < 1.29 is 4.79 Å². The molecule has 2 aromatic carbocycles. The van der Waals surface area contributed by atoms with Crippen molar-refractivity contribution in [3.63, 3.8) is 0 Å². The molecule has 5 heteroatoms. The summed E-state index contributed by atoms with van der Waals surface area (Å²) in [5.74, 6) is -0.445. The molecule has 1 aromatic heterocycles. The molecule has 1 heterocycles. The maximum atomic E-state index is 12.7. The van der Waals surface area contributed by atoms with Crippen LogP contribution < -0.4 is 5.32 Å². The topological polar surface area (TPSA) is 57.8 Å². The van der Waals surface area contributed by atoms with E-state index in [2.05, 4.69) is 41.9 Å². The summed E-state index contributed by atoms with van der Waals surface area (Å²) in [4.78, 5) is 12.7. The Balaban J connectivity index is 1.95. The van der Waals surface area contributed by atoms with Crippen molar-refractivity contribution in [2.45, 2.75) is 34.6 Å². The number of anilines is 1. The molecule has 0 saturated heterocycles. The molecule has 3 aromatic rings. The van der Waals surface area contributed by atoms with E-state index in [0.717, 1.165) is 28.2 Å². The van der Waals surface area contributed by atoms with E-state index in [4.69, 9.17) is 11.6 Å². The lowest BCUT2D eigenvalue weighted by atomic mass is 10.1. The third kappa shape index (κ3) is 4.32.